The molecule has 0 aliphatic rings. The fraction of sp³-hybridized carbons (Fsp3) is 0.700. The van der Waals surface area contributed by atoms with Gasteiger partial charge in [0.1, 0.15) is 0 Å². The molecule has 0 unspecified atom stereocenters. The Morgan fingerprint density at radius 3 is 2.62 bits per heavy atom. The molecule has 76 valence electrons. The van der Waals surface area contributed by atoms with Crippen LogP contribution in [0.25, 0.3) is 0 Å². The molecule has 0 radical (unpaired) electrons. The van der Waals surface area contributed by atoms with Crippen molar-refractivity contribution in [3.8, 4) is 0 Å². The molecule has 0 atom stereocenters. The van der Waals surface area contributed by atoms with Gasteiger partial charge in [0.2, 0.25) is 0 Å². The zero-order chi connectivity index (χ0) is 10.1. The van der Waals surface area contributed by atoms with Crippen molar-refractivity contribution < 1.29 is 9.53 Å². The van der Waals surface area contributed by atoms with Crippen molar-refractivity contribution in [2.45, 2.75) is 19.8 Å². The predicted molar refractivity (Wildman–Crippen MR) is 53.6 cm³/mol. The average Bonchev–Trinajstić information content (AvgIpc) is 2.03. The molecule has 3 heteroatoms. The first kappa shape index (κ1) is 12.2. The molecule has 0 N–H and O–H groups in total. The Balaban J connectivity index is 3.21. The Bertz CT molecular complexity index is 164. The van der Waals surface area contributed by atoms with E-state index >= 15 is 0 Å². The number of allylic oxidation sites excluding steroid dienone is 1. The molecule has 0 saturated heterocycles. The molecule has 0 saturated carbocycles. The number of hydrogen-bond acceptors (Lipinski definition) is 3. The minimum atomic E-state index is -0.243. The monoisotopic (exact) mass is 185 g/mol. The number of hydrogen-bond donors (Lipinski definition) is 0. The highest BCUT2D eigenvalue weighted by Gasteiger charge is 1.95. The first-order valence-electron chi connectivity index (χ1n) is 4.61. The zero-order valence-corrected chi connectivity index (χ0v) is 8.75. The van der Waals surface area contributed by atoms with Gasteiger partial charge in [0, 0.05) is 6.08 Å². The minimum Gasteiger partial charge on any atom is -0.463 e. The Kier molecular flexibility index (Phi) is 7.30. The number of unbranched alkanes of at least 4 members (excludes halogenated alkanes) is 1. The van der Waals surface area contributed by atoms with Crippen molar-refractivity contribution in [3.63, 3.8) is 0 Å². The van der Waals surface area contributed by atoms with Gasteiger partial charge < -0.3 is 9.64 Å². The van der Waals surface area contributed by atoms with Gasteiger partial charge in [0.25, 0.3) is 0 Å². The van der Waals surface area contributed by atoms with Gasteiger partial charge in [-0.15, -0.1) is 0 Å². The summed E-state index contributed by atoms with van der Waals surface area (Å²) in [5, 5.41) is 0. The maximum atomic E-state index is 10.8. The van der Waals surface area contributed by atoms with Crippen LogP contribution in [0.4, 0.5) is 0 Å². The van der Waals surface area contributed by atoms with Crippen LogP contribution in [0.1, 0.15) is 19.8 Å². The number of rotatable bonds is 6. The van der Waals surface area contributed by atoms with Crippen LogP contribution >= 0.6 is 0 Å². The summed E-state index contributed by atoms with van der Waals surface area (Å²) in [6.07, 6.45) is 5.12. The molecule has 0 spiro atoms. The fourth-order valence-electron chi connectivity index (χ4n) is 0.887. The highest BCUT2D eigenvalue weighted by molar-refractivity contribution is 5.81. The number of esters is 1. The minimum absolute atomic E-state index is 0.243. The quantitative estimate of drug-likeness (QED) is 0.356. The van der Waals surface area contributed by atoms with E-state index in [1.54, 1.807) is 13.0 Å². The molecule has 0 bridgehead atoms. The summed E-state index contributed by atoms with van der Waals surface area (Å²) in [6, 6.07) is 0. The molecule has 13 heavy (non-hydrogen) atoms. The van der Waals surface area contributed by atoms with Crippen LogP contribution in [0.2, 0.25) is 0 Å². The highest BCUT2D eigenvalue weighted by Crippen LogP contribution is 1.92. The zero-order valence-electron chi connectivity index (χ0n) is 8.75. The Morgan fingerprint density at radius 1 is 1.38 bits per heavy atom. The number of ether oxygens (including phenoxy) is 1. The Morgan fingerprint density at radius 2 is 2.08 bits per heavy atom. The van der Waals surface area contributed by atoms with Gasteiger partial charge in [0.05, 0.1) is 6.61 Å². The third-order valence-corrected chi connectivity index (χ3v) is 1.55. The van der Waals surface area contributed by atoms with E-state index in [0.717, 1.165) is 19.4 Å². The van der Waals surface area contributed by atoms with Gasteiger partial charge in [-0.25, -0.2) is 4.79 Å². The van der Waals surface area contributed by atoms with Gasteiger partial charge in [0.15, 0.2) is 0 Å². The van der Waals surface area contributed by atoms with Gasteiger partial charge in [-0.05, 0) is 40.4 Å². The van der Waals surface area contributed by atoms with E-state index in [1.807, 2.05) is 14.1 Å². The summed E-state index contributed by atoms with van der Waals surface area (Å²) in [5.41, 5.74) is 0. The summed E-state index contributed by atoms with van der Waals surface area (Å²) in [6.45, 7) is 3.37. The standard InChI is InChI=1S/C10H19NO2/c1-4-7-10(12)13-9-6-5-8-11(2)3/h4,7H,5-6,8-9H2,1-3H3/b7-4+. The summed E-state index contributed by atoms with van der Waals surface area (Å²) in [5.74, 6) is -0.243. The second-order valence-electron chi connectivity index (χ2n) is 3.18. The van der Waals surface area contributed by atoms with Crippen LogP contribution in [-0.2, 0) is 9.53 Å². The van der Waals surface area contributed by atoms with E-state index in [1.165, 1.54) is 6.08 Å². The van der Waals surface area contributed by atoms with E-state index in [2.05, 4.69) is 4.90 Å². The summed E-state index contributed by atoms with van der Waals surface area (Å²) in [4.78, 5) is 12.9. The third-order valence-electron chi connectivity index (χ3n) is 1.55. The van der Waals surface area contributed by atoms with Crippen molar-refractivity contribution in [2.24, 2.45) is 0 Å². The summed E-state index contributed by atoms with van der Waals surface area (Å²) >= 11 is 0. The normalized spacial score (nSPS) is 11.1. The van der Waals surface area contributed by atoms with E-state index in [4.69, 9.17) is 4.74 Å². The summed E-state index contributed by atoms with van der Waals surface area (Å²) in [7, 11) is 4.07. The maximum Gasteiger partial charge on any atom is 0.330 e. The van der Waals surface area contributed by atoms with E-state index < -0.39 is 0 Å². The van der Waals surface area contributed by atoms with Gasteiger partial charge in [-0.3, -0.25) is 0 Å². The Labute approximate surface area is 80.4 Å². The van der Waals surface area contributed by atoms with E-state index in [9.17, 15) is 4.79 Å². The first-order chi connectivity index (χ1) is 6.16. The SMILES string of the molecule is C/C=C/C(=O)OCCCCN(C)C. The number of nitrogens with zero attached hydrogens (tertiary/aromatic N) is 1. The largest absolute Gasteiger partial charge is 0.463 e. The van der Waals surface area contributed by atoms with Crippen LogP contribution in [0.3, 0.4) is 0 Å². The van der Waals surface area contributed by atoms with Crippen molar-refractivity contribution in [1.29, 1.82) is 0 Å². The van der Waals surface area contributed by atoms with Crippen LogP contribution in [0.15, 0.2) is 12.2 Å². The lowest BCUT2D eigenvalue weighted by atomic mass is 10.3. The average molecular weight is 185 g/mol. The summed E-state index contributed by atoms with van der Waals surface area (Å²) < 4.78 is 4.92. The van der Waals surface area contributed by atoms with Crippen LogP contribution < -0.4 is 0 Å². The van der Waals surface area contributed by atoms with Crippen molar-refractivity contribution >= 4 is 5.97 Å². The second kappa shape index (κ2) is 7.80. The maximum absolute atomic E-state index is 10.8. The van der Waals surface area contributed by atoms with Gasteiger partial charge in [-0.2, -0.15) is 0 Å². The van der Waals surface area contributed by atoms with E-state index in [0.29, 0.717) is 6.61 Å². The Hall–Kier alpha value is -0.830. The molecule has 0 aromatic heterocycles. The molecule has 0 aromatic rings. The lowest BCUT2D eigenvalue weighted by Crippen LogP contribution is -2.13. The van der Waals surface area contributed by atoms with E-state index in [-0.39, 0.29) is 5.97 Å². The molecule has 0 rings (SSSR count). The fourth-order valence-corrected chi connectivity index (χ4v) is 0.887. The molecule has 0 fully saturated rings. The molecule has 0 heterocycles. The third kappa shape index (κ3) is 9.08. The molecular weight excluding hydrogens is 166 g/mol. The molecule has 0 aromatic carbocycles. The molecule has 0 amide bonds. The van der Waals surface area contributed by atoms with Crippen LogP contribution in [0.5, 0.6) is 0 Å². The predicted octanol–water partition coefficient (Wildman–Crippen LogP) is 1.45. The topological polar surface area (TPSA) is 29.5 Å². The second-order valence-corrected chi connectivity index (χ2v) is 3.18. The van der Waals surface area contributed by atoms with Crippen molar-refractivity contribution in [3.05, 3.63) is 12.2 Å². The smallest absolute Gasteiger partial charge is 0.330 e. The van der Waals surface area contributed by atoms with Gasteiger partial charge >= 0.3 is 5.97 Å². The lowest BCUT2D eigenvalue weighted by Gasteiger charge is -2.08. The molecule has 3 nitrogen and oxygen atoms in total. The lowest BCUT2D eigenvalue weighted by molar-refractivity contribution is -0.137. The number of carbonyl (C=O) groups is 1. The number of carbonyl (C=O) groups excluding carboxylic acids is 1. The van der Waals surface area contributed by atoms with Gasteiger partial charge in [-0.1, -0.05) is 6.08 Å². The molecular formula is C10H19NO2. The molecule has 0 aliphatic heterocycles. The highest BCUT2D eigenvalue weighted by atomic mass is 16.5. The molecule has 0 aliphatic carbocycles. The van der Waals surface area contributed by atoms with Crippen molar-refractivity contribution in [1.82, 2.24) is 4.90 Å². The van der Waals surface area contributed by atoms with Crippen LogP contribution in [0, 0.1) is 0 Å². The first-order valence-corrected chi connectivity index (χ1v) is 4.61. The van der Waals surface area contributed by atoms with Crippen LogP contribution in [-0.4, -0.2) is 38.1 Å². The van der Waals surface area contributed by atoms with Crippen molar-refractivity contribution in [2.75, 3.05) is 27.2 Å².